The molecule has 1 nitrogen and oxygen atoms in total. The van der Waals surface area contributed by atoms with E-state index >= 15 is 0 Å². The Hall–Kier alpha value is -0.460. The smallest absolute Gasteiger partial charge is 0.0314 e. The Bertz CT molecular complexity index is 157. The molecular formula is C12H25N. The molecule has 0 heterocycles. The lowest BCUT2D eigenvalue weighted by Gasteiger charge is -2.29. The van der Waals surface area contributed by atoms with Crippen molar-refractivity contribution in [3.05, 3.63) is 12.3 Å². The van der Waals surface area contributed by atoms with Crippen molar-refractivity contribution < 1.29 is 0 Å². The summed E-state index contributed by atoms with van der Waals surface area (Å²) >= 11 is 0. The Morgan fingerprint density at radius 2 is 1.92 bits per heavy atom. The summed E-state index contributed by atoms with van der Waals surface area (Å²) in [7, 11) is 0. The summed E-state index contributed by atoms with van der Waals surface area (Å²) in [6, 6.07) is 0. The fraction of sp³-hybridized carbons (Fsp3) is 0.833. The molecule has 13 heavy (non-hydrogen) atoms. The first-order valence-electron chi connectivity index (χ1n) is 5.33. The third kappa shape index (κ3) is 6.68. The molecule has 0 aromatic carbocycles. The van der Waals surface area contributed by atoms with E-state index in [1.807, 2.05) is 0 Å². The van der Waals surface area contributed by atoms with E-state index in [0.717, 1.165) is 18.0 Å². The maximum Gasteiger partial charge on any atom is 0.0314 e. The van der Waals surface area contributed by atoms with E-state index < -0.39 is 0 Å². The molecule has 0 spiro atoms. The molecule has 0 aromatic heterocycles. The summed E-state index contributed by atoms with van der Waals surface area (Å²) in [5.74, 6) is 0.788. The molecule has 0 saturated heterocycles. The van der Waals surface area contributed by atoms with Crippen LogP contribution in [0.5, 0.6) is 0 Å². The molecule has 0 amide bonds. The third-order valence-electron chi connectivity index (χ3n) is 2.29. The van der Waals surface area contributed by atoms with Crippen LogP contribution in [0.2, 0.25) is 0 Å². The average molecular weight is 183 g/mol. The summed E-state index contributed by atoms with van der Waals surface area (Å²) in [5, 5.41) is 3.47. The van der Waals surface area contributed by atoms with E-state index in [0.29, 0.717) is 0 Å². The number of hydrogen-bond donors (Lipinski definition) is 1. The molecule has 0 rings (SSSR count). The second-order valence-corrected chi connectivity index (χ2v) is 4.90. The molecule has 0 bridgehead atoms. The number of hydrogen-bond acceptors (Lipinski definition) is 1. The minimum Gasteiger partial charge on any atom is -0.384 e. The Balaban J connectivity index is 3.86. The fourth-order valence-electron chi connectivity index (χ4n) is 1.28. The predicted molar refractivity (Wildman–Crippen MR) is 60.7 cm³/mol. The van der Waals surface area contributed by atoms with Crippen LogP contribution in [0.1, 0.15) is 53.9 Å². The summed E-state index contributed by atoms with van der Waals surface area (Å²) < 4.78 is 0. The second kappa shape index (κ2) is 5.31. The lowest BCUT2D eigenvalue weighted by atomic mass is 9.93. The van der Waals surface area contributed by atoms with E-state index in [4.69, 9.17) is 0 Å². The van der Waals surface area contributed by atoms with Crippen LogP contribution in [0.4, 0.5) is 0 Å². The van der Waals surface area contributed by atoms with Gasteiger partial charge in [-0.25, -0.2) is 0 Å². The molecule has 0 fully saturated rings. The van der Waals surface area contributed by atoms with E-state index in [-0.39, 0.29) is 5.54 Å². The zero-order chi connectivity index (χ0) is 10.5. The molecule has 1 N–H and O–H groups in total. The highest BCUT2D eigenvalue weighted by molar-refractivity contribution is 4.96. The van der Waals surface area contributed by atoms with Gasteiger partial charge in [0, 0.05) is 11.2 Å². The Kier molecular flexibility index (Phi) is 5.12. The first-order valence-corrected chi connectivity index (χ1v) is 5.33. The van der Waals surface area contributed by atoms with Crippen LogP contribution in [-0.2, 0) is 0 Å². The molecular weight excluding hydrogens is 158 g/mol. The normalized spacial score (nSPS) is 11.8. The monoisotopic (exact) mass is 183 g/mol. The van der Waals surface area contributed by atoms with Crippen molar-refractivity contribution in [3.63, 3.8) is 0 Å². The highest BCUT2D eigenvalue weighted by atomic mass is 15.0. The molecule has 0 unspecified atom stereocenters. The SMILES string of the molecule is C=C(CC)NC(C)(C)CCC(C)C. The molecule has 0 aromatic rings. The number of rotatable bonds is 6. The Morgan fingerprint density at radius 3 is 2.31 bits per heavy atom. The van der Waals surface area contributed by atoms with Gasteiger partial charge in [0.05, 0.1) is 0 Å². The highest BCUT2D eigenvalue weighted by Gasteiger charge is 2.17. The van der Waals surface area contributed by atoms with Crippen molar-refractivity contribution in [1.29, 1.82) is 0 Å². The standard InChI is InChI=1S/C12H25N/c1-7-11(4)13-12(5,6)9-8-10(2)3/h10,13H,4,7-9H2,1-3,5-6H3. The van der Waals surface area contributed by atoms with Crippen LogP contribution in [-0.4, -0.2) is 5.54 Å². The van der Waals surface area contributed by atoms with E-state index in [1.165, 1.54) is 12.8 Å². The lowest BCUT2D eigenvalue weighted by Crippen LogP contribution is -2.38. The van der Waals surface area contributed by atoms with Crippen molar-refractivity contribution in [2.75, 3.05) is 0 Å². The van der Waals surface area contributed by atoms with Crippen LogP contribution in [0.25, 0.3) is 0 Å². The van der Waals surface area contributed by atoms with Crippen molar-refractivity contribution >= 4 is 0 Å². The van der Waals surface area contributed by atoms with E-state index in [1.54, 1.807) is 0 Å². The van der Waals surface area contributed by atoms with Gasteiger partial charge in [-0.3, -0.25) is 0 Å². The molecule has 0 aliphatic rings. The van der Waals surface area contributed by atoms with Gasteiger partial charge in [-0.15, -0.1) is 0 Å². The van der Waals surface area contributed by atoms with E-state index in [9.17, 15) is 0 Å². The predicted octanol–water partition coefficient (Wildman–Crippen LogP) is 3.71. The van der Waals surface area contributed by atoms with Gasteiger partial charge < -0.3 is 5.32 Å². The zero-order valence-corrected chi connectivity index (χ0v) is 9.91. The second-order valence-electron chi connectivity index (χ2n) is 4.90. The lowest BCUT2D eigenvalue weighted by molar-refractivity contribution is 0.356. The van der Waals surface area contributed by atoms with E-state index in [2.05, 4.69) is 46.5 Å². The minimum atomic E-state index is 0.206. The van der Waals surface area contributed by atoms with Crippen LogP contribution in [0.15, 0.2) is 12.3 Å². The van der Waals surface area contributed by atoms with Crippen LogP contribution >= 0.6 is 0 Å². The van der Waals surface area contributed by atoms with Crippen LogP contribution in [0, 0.1) is 5.92 Å². The number of allylic oxidation sites excluding steroid dienone is 1. The van der Waals surface area contributed by atoms with Crippen LogP contribution < -0.4 is 5.32 Å². The van der Waals surface area contributed by atoms with Gasteiger partial charge in [0.15, 0.2) is 0 Å². The minimum absolute atomic E-state index is 0.206. The maximum atomic E-state index is 3.97. The van der Waals surface area contributed by atoms with Gasteiger partial charge >= 0.3 is 0 Å². The van der Waals surface area contributed by atoms with Crippen molar-refractivity contribution in [3.8, 4) is 0 Å². The first kappa shape index (κ1) is 12.5. The van der Waals surface area contributed by atoms with Gasteiger partial charge in [-0.2, -0.15) is 0 Å². The van der Waals surface area contributed by atoms with Gasteiger partial charge in [-0.1, -0.05) is 27.4 Å². The summed E-state index contributed by atoms with van der Waals surface area (Å²) in [4.78, 5) is 0. The highest BCUT2D eigenvalue weighted by Crippen LogP contribution is 2.17. The Labute approximate surface area is 83.6 Å². The van der Waals surface area contributed by atoms with Crippen molar-refractivity contribution in [2.45, 2.75) is 59.4 Å². The van der Waals surface area contributed by atoms with Crippen molar-refractivity contribution in [1.82, 2.24) is 5.32 Å². The van der Waals surface area contributed by atoms with Gasteiger partial charge in [0.1, 0.15) is 0 Å². The summed E-state index contributed by atoms with van der Waals surface area (Å²) in [6.45, 7) is 15.1. The average Bonchev–Trinajstić information content (AvgIpc) is 2.00. The molecule has 0 atom stereocenters. The van der Waals surface area contributed by atoms with Crippen LogP contribution in [0.3, 0.4) is 0 Å². The molecule has 0 radical (unpaired) electrons. The quantitative estimate of drug-likeness (QED) is 0.662. The maximum absolute atomic E-state index is 3.97. The zero-order valence-electron chi connectivity index (χ0n) is 9.91. The largest absolute Gasteiger partial charge is 0.384 e. The first-order chi connectivity index (χ1) is 5.87. The summed E-state index contributed by atoms with van der Waals surface area (Å²) in [6.07, 6.45) is 3.51. The fourth-order valence-corrected chi connectivity index (χ4v) is 1.28. The van der Waals surface area contributed by atoms with Gasteiger partial charge in [-0.05, 0) is 39.0 Å². The summed E-state index contributed by atoms with van der Waals surface area (Å²) in [5.41, 5.74) is 1.35. The third-order valence-corrected chi connectivity index (χ3v) is 2.29. The number of nitrogens with one attached hydrogen (secondary N) is 1. The molecule has 1 heteroatoms. The topological polar surface area (TPSA) is 12.0 Å². The Morgan fingerprint density at radius 1 is 1.38 bits per heavy atom. The van der Waals surface area contributed by atoms with Gasteiger partial charge in [0.25, 0.3) is 0 Å². The molecule has 0 aliphatic heterocycles. The molecule has 0 aliphatic carbocycles. The molecule has 78 valence electrons. The van der Waals surface area contributed by atoms with Gasteiger partial charge in [0.2, 0.25) is 0 Å². The molecule has 0 saturated carbocycles. The van der Waals surface area contributed by atoms with Crippen molar-refractivity contribution in [2.24, 2.45) is 5.92 Å².